The summed E-state index contributed by atoms with van der Waals surface area (Å²) in [6.45, 7) is 7.25. The molecule has 2 atom stereocenters. The first-order chi connectivity index (χ1) is 18.7. The minimum atomic E-state index is -4.16. The SMILES string of the molecule is CCOc1ccccc1N(CC(=O)N(Cc1ccccc1)[C@@H](C)C(=O)N[C@@H](C)CC)S(=O)(=O)c1ccccc1. The molecule has 0 saturated heterocycles. The second kappa shape index (κ2) is 13.8. The summed E-state index contributed by atoms with van der Waals surface area (Å²) in [5, 5.41) is 2.93. The van der Waals surface area contributed by atoms with Crippen molar-refractivity contribution in [3.63, 3.8) is 0 Å². The van der Waals surface area contributed by atoms with Crippen LogP contribution in [0.5, 0.6) is 5.75 Å². The molecule has 0 spiro atoms. The van der Waals surface area contributed by atoms with E-state index in [0.717, 1.165) is 16.3 Å². The van der Waals surface area contributed by atoms with Gasteiger partial charge in [0.2, 0.25) is 11.8 Å². The van der Waals surface area contributed by atoms with Crippen molar-refractivity contribution in [2.24, 2.45) is 0 Å². The topological polar surface area (TPSA) is 96.0 Å². The van der Waals surface area contributed by atoms with Crippen LogP contribution >= 0.6 is 0 Å². The van der Waals surface area contributed by atoms with Gasteiger partial charge in [-0.05, 0) is 57.0 Å². The quantitative estimate of drug-likeness (QED) is 0.335. The third-order valence-corrected chi connectivity index (χ3v) is 8.18. The Morgan fingerprint density at radius 3 is 2.08 bits per heavy atom. The van der Waals surface area contributed by atoms with Crippen LogP contribution in [0.2, 0.25) is 0 Å². The summed E-state index contributed by atoms with van der Waals surface area (Å²) in [7, 11) is -4.16. The molecule has 0 saturated carbocycles. The fraction of sp³-hybridized carbons (Fsp3) is 0.333. The lowest BCUT2D eigenvalue weighted by Gasteiger charge is -2.32. The van der Waals surface area contributed by atoms with Crippen LogP contribution in [0, 0.1) is 0 Å². The Kier molecular flexibility index (Phi) is 10.5. The summed E-state index contributed by atoms with van der Waals surface area (Å²) >= 11 is 0. The summed E-state index contributed by atoms with van der Waals surface area (Å²) in [4.78, 5) is 28.5. The molecule has 0 fully saturated rings. The van der Waals surface area contributed by atoms with Gasteiger partial charge in [0.05, 0.1) is 17.2 Å². The molecule has 0 heterocycles. The number of benzene rings is 3. The van der Waals surface area contributed by atoms with Crippen LogP contribution in [0.3, 0.4) is 0 Å². The van der Waals surface area contributed by atoms with Crippen molar-refractivity contribution in [3.05, 3.63) is 90.5 Å². The normalized spacial score (nSPS) is 12.7. The number of nitrogens with one attached hydrogen (secondary N) is 1. The van der Waals surface area contributed by atoms with Gasteiger partial charge in [0.25, 0.3) is 10.0 Å². The van der Waals surface area contributed by atoms with Gasteiger partial charge in [-0.3, -0.25) is 13.9 Å². The number of carbonyl (C=O) groups excluding carboxylic acids is 2. The molecule has 0 bridgehead atoms. The fourth-order valence-corrected chi connectivity index (χ4v) is 5.45. The zero-order valence-electron chi connectivity index (χ0n) is 22.9. The summed E-state index contributed by atoms with van der Waals surface area (Å²) < 4.78 is 34.6. The van der Waals surface area contributed by atoms with Crippen LogP contribution in [0.15, 0.2) is 89.8 Å². The number of rotatable bonds is 13. The summed E-state index contributed by atoms with van der Waals surface area (Å²) in [6, 6.07) is 23.1. The average Bonchev–Trinajstić information content (AvgIpc) is 2.95. The lowest BCUT2D eigenvalue weighted by molar-refractivity contribution is -0.139. The van der Waals surface area contributed by atoms with Gasteiger partial charge in [0.1, 0.15) is 18.3 Å². The minimum absolute atomic E-state index is 0.0428. The lowest BCUT2D eigenvalue weighted by atomic mass is 10.1. The molecule has 0 radical (unpaired) electrons. The number of para-hydroxylation sites is 2. The average molecular weight is 552 g/mol. The largest absolute Gasteiger partial charge is 0.492 e. The lowest BCUT2D eigenvalue weighted by Crippen LogP contribution is -2.52. The Morgan fingerprint density at radius 1 is 0.872 bits per heavy atom. The molecule has 0 aliphatic heterocycles. The molecule has 39 heavy (non-hydrogen) atoms. The maximum atomic E-state index is 14.0. The third kappa shape index (κ3) is 7.60. The molecule has 0 unspecified atom stereocenters. The first-order valence-corrected chi connectivity index (χ1v) is 14.6. The highest BCUT2D eigenvalue weighted by Crippen LogP contribution is 2.32. The van der Waals surface area contributed by atoms with E-state index >= 15 is 0 Å². The van der Waals surface area contributed by atoms with Crippen LogP contribution < -0.4 is 14.4 Å². The zero-order chi connectivity index (χ0) is 28.4. The smallest absolute Gasteiger partial charge is 0.264 e. The molecule has 9 heteroatoms. The van der Waals surface area contributed by atoms with Gasteiger partial charge in [-0.1, -0.05) is 67.6 Å². The number of hydrogen-bond acceptors (Lipinski definition) is 5. The van der Waals surface area contributed by atoms with E-state index in [-0.39, 0.29) is 29.1 Å². The van der Waals surface area contributed by atoms with E-state index in [1.807, 2.05) is 44.2 Å². The van der Waals surface area contributed by atoms with E-state index in [1.165, 1.54) is 17.0 Å². The predicted octanol–water partition coefficient (Wildman–Crippen LogP) is 4.61. The number of carbonyl (C=O) groups is 2. The van der Waals surface area contributed by atoms with Crippen molar-refractivity contribution in [1.82, 2.24) is 10.2 Å². The Labute approximate surface area is 231 Å². The molecule has 3 aromatic rings. The van der Waals surface area contributed by atoms with Gasteiger partial charge in [0, 0.05) is 12.6 Å². The van der Waals surface area contributed by atoms with Crippen LogP contribution in [0.1, 0.15) is 39.7 Å². The minimum Gasteiger partial charge on any atom is -0.492 e. The standard InChI is InChI=1S/C30H37N3O5S/c1-5-23(3)31-30(35)24(4)32(21-25-15-9-7-10-16-25)29(34)22-33(27-19-13-14-20-28(27)38-6-2)39(36,37)26-17-11-8-12-18-26/h7-20,23-24H,5-6,21-22H2,1-4H3,(H,31,35)/t23-,24-/m0/s1. The van der Waals surface area contributed by atoms with E-state index < -0.39 is 28.5 Å². The first-order valence-electron chi connectivity index (χ1n) is 13.1. The number of amides is 2. The van der Waals surface area contributed by atoms with Gasteiger partial charge in [-0.15, -0.1) is 0 Å². The molecule has 0 aliphatic carbocycles. The van der Waals surface area contributed by atoms with Crippen molar-refractivity contribution in [2.45, 2.75) is 57.6 Å². The number of anilines is 1. The van der Waals surface area contributed by atoms with E-state index in [1.54, 1.807) is 56.3 Å². The maximum absolute atomic E-state index is 14.0. The van der Waals surface area contributed by atoms with Crippen LogP contribution in [-0.4, -0.2) is 50.4 Å². The van der Waals surface area contributed by atoms with Crippen molar-refractivity contribution >= 4 is 27.5 Å². The maximum Gasteiger partial charge on any atom is 0.264 e. The monoisotopic (exact) mass is 551 g/mol. The molecule has 208 valence electrons. The van der Waals surface area contributed by atoms with Gasteiger partial charge in [-0.25, -0.2) is 8.42 Å². The zero-order valence-corrected chi connectivity index (χ0v) is 23.7. The number of nitrogens with zero attached hydrogens (tertiary/aromatic N) is 2. The van der Waals surface area contributed by atoms with Crippen LogP contribution in [0.25, 0.3) is 0 Å². The van der Waals surface area contributed by atoms with Crippen molar-refractivity contribution in [3.8, 4) is 5.75 Å². The number of sulfonamides is 1. The second-order valence-electron chi connectivity index (χ2n) is 9.23. The van der Waals surface area contributed by atoms with E-state index in [4.69, 9.17) is 4.74 Å². The van der Waals surface area contributed by atoms with Crippen molar-refractivity contribution in [2.75, 3.05) is 17.5 Å². The Balaban J connectivity index is 2.05. The van der Waals surface area contributed by atoms with Gasteiger partial charge >= 0.3 is 0 Å². The molecular formula is C30H37N3O5S. The molecule has 0 aromatic heterocycles. The Hall–Kier alpha value is -3.85. The van der Waals surface area contributed by atoms with Gasteiger partial charge < -0.3 is 15.0 Å². The Bertz CT molecular complexity index is 1330. The van der Waals surface area contributed by atoms with E-state index in [0.29, 0.717) is 12.4 Å². The molecule has 3 aromatic carbocycles. The number of hydrogen-bond donors (Lipinski definition) is 1. The van der Waals surface area contributed by atoms with Crippen LogP contribution in [-0.2, 0) is 26.2 Å². The summed E-state index contributed by atoms with van der Waals surface area (Å²) in [5.74, 6) is -0.484. The van der Waals surface area contributed by atoms with Crippen LogP contribution in [0.4, 0.5) is 5.69 Å². The molecule has 1 N–H and O–H groups in total. The predicted molar refractivity (Wildman–Crippen MR) is 153 cm³/mol. The summed E-state index contributed by atoms with van der Waals surface area (Å²) in [6.07, 6.45) is 0.738. The second-order valence-corrected chi connectivity index (χ2v) is 11.1. The van der Waals surface area contributed by atoms with E-state index in [2.05, 4.69) is 5.32 Å². The molecule has 3 rings (SSSR count). The molecule has 0 aliphatic rings. The Morgan fingerprint density at radius 2 is 1.46 bits per heavy atom. The highest BCUT2D eigenvalue weighted by molar-refractivity contribution is 7.92. The molecular weight excluding hydrogens is 514 g/mol. The molecule has 8 nitrogen and oxygen atoms in total. The summed E-state index contributed by atoms with van der Waals surface area (Å²) in [5.41, 5.74) is 1.06. The fourth-order valence-electron chi connectivity index (χ4n) is 4.00. The van der Waals surface area contributed by atoms with Gasteiger partial charge in [0.15, 0.2) is 0 Å². The van der Waals surface area contributed by atoms with Crippen molar-refractivity contribution < 1.29 is 22.7 Å². The highest BCUT2D eigenvalue weighted by atomic mass is 32.2. The van der Waals surface area contributed by atoms with Gasteiger partial charge in [-0.2, -0.15) is 0 Å². The third-order valence-electron chi connectivity index (χ3n) is 6.41. The first kappa shape index (κ1) is 29.7. The van der Waals surface area contributed by atoms with Crippen molar-refractivity contribution in [1.29, 1.82) is 0 Å². The molecule has 2 amide bonds. The number of ether oxygens (including phenoxy) is 1. The highest BCUT2D eigenvalue weighted by Gasteiger charge is 2.33. The van der Waals surface area contributed by atoms with E-state index in [9.17, 15) is 18.0 Å².